The van der Waals surface area contributed by atoms with Crippen LogP contribution in [0.15, 0.2) is 59.7 Å². The van der Waals surface area contributed by atoms with Gasteiger partial charge in [-0.25, -0.2) is 0 Å². The second-order valence-corrected chi connectivity index (χ2v) is 6.44. The smallest absolute Gasteiger partial charge is 0.291 e. The minimum absolute atomic E-state index is 0.111. The highest BCUT2D eigenvalue weighted by Gasteiger charge is 2.20. The molecule has 0 aliphatic carbocycles. The second-order valence-electron chi connectivity index (χ2n) is 6.44. The van der Waals surface area contributed by atoms with E-state index in [9.17, 15) is 9.59 Å². The number of para-hydroxylation sites is 1. The van der Waals surface area contributed by atoms with Crippen LogP contribution in [0.1, 0.15) is 39.3 Å². The Kier molecular flexibility index (Phi) is 6.69. The van der Waals surface area contributed by atoms with Crippen molar-refractivity contribution in [1.82, 2.24) is 15.1 Å². The lowest BCUT2D eigenvalue weighted by molar-refractivity contribution is 0.0958. The zero-order valence-electron chi connectivity index (χ0n) is 17.0. The summed E-state index contributed by atoms with van der Waals surface area (Å²) in [5, 5.41) is 9.36. The zero-order chi connectivity index (χ0) is 21.5. The van der Waals surface area contributed by atoms with Gasteiger partial charge in [-0.1, -0.05) is 24.3 Å². The summed E-state index contributed by atoms with van der Waals surface area (Å²) in [7, 11) is 1.50. The third-order valence-electron chi connectivity index (χ3n) is 4.37. The lowest BCUT2D eigenvalue weighted by atomic mass is 10.1. The van der Waals surface area contributed by atoms with Gasteiger partial charge in [0, 0.05) is 19.8 Å². The monoisotopic (exact) mass is 408 g/mol. The molecule has 8 heteroatoms. The molecule has 0 atom stereocenters. The van der Waals surface area contributed by atoms with Gasteiger partial charge < -0.3 is 19.8 Å². The Morgan fingerprint density at radius 2 is 2.03 bits per heavy atom. The van der Waals surface area contributed by atoms with Crippen LogP contribution in [0, 0.1) is 0 Å². The number of nitrogens with one attached hydrogen (secondary N) is 2. The van der Waals surface area contributed by atoms with Crippen molar-refractivity contribution in [1.29, 1.82) is 0 Å². The first-order chi connectivity index (χ1) is 14.5. The molecule has 0 radical (unpaired) electrons. The Bertz CT molecular complexity index is 1050. The molecule has 0 bridgehead atoms. The average Bonchev–Trinajstić information content (AvgIpc) is 3.40. The molecular formula is C22H24N4O4. The summed E-state index contributed by atoms with van der Waals surface area (Å²) < 4.78 is 13.0. The number of aryl methyl sites for hydroxylation is 1. The van der Waals surface area contributed by atoms with Gasteiger partial charge in [-0.05, 0) is 37.1 Å². The molecule has 0 spiro atoms. The quantitative estimate of drug-likeness (QED) is 0.529. The number of hydrogen-bond donors (Lipinski definition) is 2. The number of hydrogen-bond acceptors (Lipinski definition) is 5. The number of allylic oxidation sites excluding steroid dienone is 1. The Morgan fingerprint density at radius 3 is 2.77 bits per heavy atom. The molecule has 8 nitrogen and oxygen atoms in total. The fourth-order valence-electron chi connectivity index (χ4n) is 2.84. The van der Waals surface area contributed by atoms with E-state index in [1.807, 2.05) is 37.3 Å². The normalized spacial score (nSPS) is 10.5. The van der Waals surface area contributed by atoms with E-state index in [1.165, 1.54) is 7.05 Å². The fourth-order valence-corrected chi connectivity index (χ4v) is 2.84. The van der Waals surface area contributed by atoms with Crippen LogP contribution in [0.5, 0.6) is 5.75 Å². The average molecular weight is 408 g/mol. The van der Waals surface area contributed by atoms with Crippen LogP contribution < -0.4 is 15.4 Å². The second kappa shape index (κ2) is 9.60. The summed E-state index contributed by atoms with van der Waals surface area (Å²) in [5.41, 5.74) is 1.47. The van der Waals surface area contributed by atoms with Crippen LogP contribution in [-0.4, -0.2) is 28.6 Å². The predicted octanol–water partition coefficient (Wildman–Crippen LogP) is 3.42. The van der Waals surface area contributed by atoms with Crippen molar-refractivity contribution in [3.8, 4) is 5.75 Å². The molecule has 0 unspecified atom stereocenters. The summed E-state index contributed by atoms with van der Waals surface area (Å²) in [6.45, 7) is 6.38. The summed E-state index contributed by atoms with van der Waals surface area (Å²) in [6, 6.07) is 10.9. The maximum absolute atomic E-state index is 12.6. The van der Waals surface area contributed by atoms with E-state index >= 15 is 0 Å². The minimum atomic E-state index is -0.478. The molecule has 2 aromatic heterocycles. The number of rotatable bonds is 9. The van der Waals surface area contributed by atoms with Crippen molar-refractivity contribution in [2.24, 2.45) is 0 Å². The van der Waals surface area contributed by atoms with Crippen molar-refractivity contribution < 1.29 is 18.7 Å². The molecule has 3 aromatic rings. The van der Waals surface area contributed by atoms with Gasteiger partial charge in [0.25, 0.3) is 11.8 Å². The first-order valence-corrected chi connectivity index (χ1v) is 9.56. The Balaban J connectivity index is 1.68. The number of amides is 2. The molecule has 2 N–H and O–H groups in total. The topological polar surface area (TPSA) is 98.4 Å². The van der Waals surface area contributed by atoms with Crippen molar-refractivity contribution >= 4 is 17.5 Å². The molecule has 1 aromatic carbocycles. The number of aromatic nitrogens is 2. The summed E-state index contributed by atoms with van der Waals surface area (Å²) in [4.78, 5) is 24.6. The van der Waals surface area contributed by atoms with E-state index in [0.717, 1.165) is 11.3 Å². The Labute approximate surface area is 174 Å². The van der Waals surface area contributed by atoms with E-state index in [-0.39, 0.29) is 24.0 Å². The SMILES string of the molecule is C=CCc1ccccc1OCc1ccc(C(=O)Nc2cn(CC)nc2C(=O)NC)o1. The van der Waals surface area contributed by atoms with Crippen LogP contribution in [0.2, 0.25) is 0 Å². The number of carbonyl (C=O) groups excluding carboxylic acids is 2. The maximum Gasteiger partial charge on any atom is 0.291 e. The molecule has 0 saturated heterocycles. The number of benzene rings is 1. The van der Waals surface area contributed by atoms with E-state index < -0.39 is 5.91 Å². The van der Waals surface area contributed by atoms with Gasteiger partial charge in [-0.15, -0.1) is 6.58 Å². The lowest BCUT2D eigenvalue weighted by Crippen LogP contribution is -2.21. The van der Waals surface area contributed by atoms with Gasteiger partial charge in [0.2, 0.25) is 0 Å². The highest BCUT2D eigenvalue weighted by atomic mass is 16.5. The standard InChI is InChI=1S/C22H24N4O4/c1-4-8-15-9-6-7-10-18(15)29-14-16-11-12-19(30-16)21(27)24-17-13-26(5-2)25-20(17)22(28)23-3/h4,6-7,9-13H,1,5,8,14H2,2-3H3,(H,23,28)(H,24,27). The van der Waals surface area contributed by atoms with Gasteiger partial charge in [0.05, 0.1) is 5.69 Å². The first-order valence-electron chi connectivity index (χ1n) is 9.56. The van der Waals surface area contributed by atoms with Crippen molar-refractivity contribution in [2.75, 3.05) is 12.4 Å². The van der Waals surface area contributed by atoms with E-state index in [0.29, 0.717) is 24.4 Å². The van der Waals surface area contributed by atoms with E-state index in [1.54, 1.807) is 23.0 Å². The highest BCUT2D eigenvalue weighted by Crippen LogP contribution is 2.21. The summed E-state index contributed by atoms with van der Waals surface area (Å²) in [6.07, 6.45) is 4.11. The maximum atomic E-state index is 12.6. The van der Waals surface area contributed by atoms with Crippen LogP contribution in [0.25, 0.3) is 0 Å². The molecule has 156 valence electrons. The summed E-state index contributed by atoms with van der Waals surface area (Å²) in [5.74, 6) is 0.491. The van der Waals surface area contributed by atoms with Gasteiger partial charge in [-0.2, -0.15) is 5.10 Å². The van der Waals surface area contributed by atoms with E-state index in [4.69, 9.17) is 9.15 Å². The number of anilines is 1. The Morgan fingerprint density at radius 1 is 1.23 bits per heavy atom. The number of ether oxygens (including phenoxy) is 1. The minimum Gasteiger partial charge on any atom is -0.485 e. The number of furan rings is 1. The van der Waals surface area contributed by atoms with Crippen molar-refractivity contribution in [3.05, 3.63) is 78.0 Å². The molecule has 0 aliphatic heterocycles. The van der Waals surface area contributed by atoms with Gasteiger partial charge in [-0.3, -0.25) is 14.3 Å². The lowest BCUT2D eigenvalue weighted by Gasteiger charge is -2.09. The first kappa shape index (κ1) is 20.9. The van der Waals surface area contributed by atoms with Gasteiger partial charge in [0.1, 0.15) is 18.1 Å². The third-order valence-corrected chi connectivity index (χ3v) is 4.37. The molecule has 0 fully saturated rings. The molecular weight excluding hydrogens is 384 g/mol. The number of carbonyl (C=O) groups is 2. The molecule has 0 aliphatic rings. The van der Waals surface area contributed by atoms with Gasteiger partial charge in [0.15, 0.2) is 11.5 Å². The zero-order valence-corrected chi connectivity index (χ0v) is 17.0. The van der Waals surface area contributed by atoms with Crippen LogP contribution >= 0.6 is 0 Å². The fraction of sp³-hybridized carbons (Fsp3) is 0.227. The predicted molar refractivity (Wildman–Crippen MR) is 113 cm³/mol. The largest absolute Gasteiger partial charge is 0.485 e. The van der Waals surface area contributed by atoms with Gasteiger partial charge >= 0.3 is 0 Å². The molecule has 30 heavy (non-hydrogen) atoms. The van der Waals surface area contributed by atoms with E-state index in [2.05, 4.69) is 22.3 Å². The van der Waals surface area contributed by atoms with Crippen LogP contribution in [0.4, 0.5) is 5.69 Å². The van der Waals surface area contributed by atoms with Crippen molar-refractivity contribution in [3.63, 3.8) is 0 Å². The molecule has 0 saturated carbocycles. The van der Waals surface area contributed by atoms with Crippen LogP contribution in [-0.2, 0) is 19.6 Å². The number of nitrogens with zero attached hydrogens (tertiary/aromatic N) is 2. The highest BCUT2D eigenvalue weighted by molar-refractivity contribution is 6.06. The molecule has 2 amide bonds. The summed E-state index contributed by atoms with van der Waals surface area (Å²) >= 11 is 0. The molecule has 3 rings (SSSR count). The molecule has 2 heterocycles. The van der Waals surface area contributed by atoms with Crippen LogP contribution in [0.3, 0.4) is 0 Å². The van der Waals surface area contributed by atoms with Crippen molar-refractivity contribution in [2.45, 2.75) is 26.5 Å². The third kappa shape index (κ3) is 4.78. The Hall–Kier alpha value is -3.81.